The molecule has 0 amide bonds. The normalized spacial score (nSPS) is 27.6. The summed E-state index contributed by atoms with van der Waals surface area (Å²) in [6, 6.07) is 0.470. The van der Waals surface area contributed by atoms with Gasteiger partial charge in [-0.05, 0) is 26.9 Å². The predicted molar refractivity (Wildman–Crippen MR) is 71.9 cm³/mol. The van der Waals surface area contributed by atoms with E-state index < -0.39 is 0 Å². The summed E-state index contributed by atoms with van der Waals surface area (Å²) in [5, 5.41) is 4.14. The van der Waals surface area contributed by atoms with Gasteiger partial charge in [0.05, 0.1) is 5.41 Å². The van der Waals surface area contributed by atoms with E-state index in [1.807, 2.05) is 0 Å². The quantitative estimate of drug-likeness (QED) is 0.816. The molecule has 1 unspecified atom stereocenters. The second-order valence-electron chi connectivity index (χ2n) is 6.10. The van der Waals surface area contributed by atoms with Crippen molar-refractivity contribution in [3.8, 4) is 0 Å². The van der Waals surface area contributed by atoms with Crippen LogP contribution < -0.4 is 5.73 Å². The topological polar surface area (TPSA) is 71.4 Å². The highest BCUT2D eigenvalue weighted by atomic mass is 16.5. The summed E-state index contributed by atoms with van der Waals surface area (Å²) in [5.74, 6) is 1.57. The molecule has 2 fully saturated rings. The summed E-state index contributed by atoms with van der Waals surface area (Å²) in [7, 11) is 4.33. The van der Waals surface area contributed by atoms with Gasteiger partial charge in [0.1, 0.15) is 0 Å². The van der Waals surface area contributed by atoms with E-state index in [1.165, 1.54) is 0 Å². The van der Waals surface area contributed by atoms with Gasteiger partial charge in [0.25, 0.3) is 0 Å². The third-order valence-corrected chi connectivity index (χ3v) is 4.56. The van der Waals surface area contributed by atoms with Gasteiger partial charge in [-0.1, -0.05) is 5.16 Å². The maximum atomic E-state index is 5.79. The standard InChI is InChI=1S/C13H23N5O/c1-17-5-6-18(2)10(8-17)7-11-15-12(19-16-11)13(9-14)3-4-13/h10H,3-9,14H2,1-2H3. The second-order valence-corrected chi connectivity index (χ2v) is 6.10. The Labute approximate surface area is 113 Å². The van der Waals surface area contributed by atoms with Gasteiger partial charge in [0.2, 0.25) is 5.89 Å². The average molecular weight is 265 g/mol. The van der Waals surface area contributed by atoms with Crippen LogP contribution in [0.15, 0.2) is 4.52 Å². The molecule has 1 atom stereocenters. The first-order chi connectivity index (χ1) is 9.13. The van der Waals surface area contributed by atoms with E-state index in [-0.39, 0.29) is 5.41 Å². The van der Waals surface area contributed by atoms with Gasteiger partial charge in [-0.25, -0.2) is 0 Å². The molecule has 1 saturated heterocycles. The van der Waals surface area contributed by atoms with Gasteiger partial charge in [-0.3, -0.25) is 0 Å². The van der Waals surface area contributed by atoms with Crippen LogP contribution in [0.3, 0.4) is 0 Å². The molecule has 1 aliphatic heterocycles. The fourth-order valence-corrected chi connectivity index (χ4v) is 2.74. The van der Waals surface area contributed by atoms with Crippen LogP contribution in [0.2, 0.25) is 0 Å². The summed E-state index contributed by atoms with van der Waals surface area (Å²) in [6.07, 6.45) is 3.01. The van der Waals surface area contributed by atoms with E-state index in [0.29, 0.717) is 12.6 Å². The lowest BCUT2D eigenvalue weighted by molar-refractivity contribution is 0.113. The predicted octanol–water partition coefficient (Wildman–Crippen LogP) is -0.152. The molecule has 1 saturated carbocycles. The second kappa shape index (κ2) is 4.85. The van der Waals surface area contributed by atoms with Crippen molar-refractivity contribution in [1.82, 2.24) is 19.9 Å². The first-order valence-corrected chi connectivity index (χ1v) is 7.05. The average Bonchev–Trinajstić information content (AvgIpc) is 3.07. The van der Waals surface area contributed by atoms with Crippen molar-refractivity contribution < 1.29 is 4.52 Å². The van der Waals surface area contributed by atoms with Gasteiger partial charge < -0.3 is 20.1 Å². The smallest absolute Gasteiger partial charge is 0.234 e. The Hall–Kier alpha value is -0.980. The maximum absolute atomic E-state index is 5.79. The largest absolute Gasteiger partial charge is 0.339 e. The van der Waals surface area contributed by atoms with E-state index in [4.69, 9.17) is 10.3 Å². The number of rotatable bonds is 4. The fourth-order valence-electron chi connectivity index (χ4n) is 2.74. The van der Waals surface area contributed by atoms with Gasteiger partial charge in [-0.2, -0.15) is 4.98 Å². The number of nitrogens with zero attached hydrogens (tertiary/aromatic N) is 4. The highest BCUT2D eigenvalue weighted by molar-refractivity contribution is 5.16. The van der Waals surface area contributed by atoms with Crippen LogP contribution in [-0.4, -0.2) is 66.3 Å². The van der Waals surface area contributed by atoms with Crippen molar-refractivity contribution in [2.75, 3.05) is 40.3 Å². The number of aromatic nitrogens is 2. The number of nitrogens with two attached hydrogens (primary N) is 1. The van der Waals surface area contributed by atoms with Crippen LogP contribution in [0.1, 0.15) is 24.6 Å². The molecule has 0 radical (unpaired) electrons. The Balaban J connectivity index is 1.67. The molecule has 0 spiro atoms. The van der Waals surface area contributed by atoms with Crippen LogP contribution in [0.25, 0.3) is 0 Å². The lowest BCUT2D eigenvalue weighted by atomic mass is 10.1. The third-order valence-electron chi connectivity index (χ3n) is 4.56. The van der Waals surface area contributed by atoms with Gasteiger partial charge >= 0.3 is 0 Å². The van der Waals surface area contributed by atoms with Gasteiger partial charge in [-0.15, -0.1) is 0 Å². The van der Waals surface area contributed by atoms with Crippen molar-refractivity contribution in [3.05, 3.63) is 11.7 Å². The van der Waals surface area contributed by atoms with Crippen LogP contribution in [0.4, 0.5) is 0 Å². The monoisotopic (exact) mass is 265 g/mol. The molecule has 1 aromatic heterocycles. The molecule has 0 aromatic carbocycles. The number of piperazine rings is 1. The van der Waals surface area contributed by atoms with E-state index in [1.54, 1.807) is 0 Å². The minimum atomic E-state index is 0.000504. The highest BCUT2D eigenvalue weighted by Gasteiger charge is 2.48. The lowest BCUT2D eigenvalue weighted by Crippen LogP contribution is -2.50. The first-order valence-electron chi connectivity index (χ1n) is 7.05. The minimum Gasteiger partial charge on any atom is -0.339 e. The summed E-state index contributed by atoms with van der Waals surface area (Å²) in [5.41, 5.74) is 5.79. The molecule has 106 valence electrons. The Morgan fingerprint density at radius 2 is 2.16 bits per heavy atom. The molecule has 3 rings (SSSR count). The highest BCUT2D eigenvalue weighted by Crippen LogP contribution is 2.46. The Morgan fingerprint density at radius 3 is 2.84 bits per heavy atom. The molecule has 6 nitrogen and oxygen atoms in total. The van der Waals surface area contributed by atoms with E-state index in [2.05, 4.69) is 34.0 Å². The van der Waals surface area contributed by atoms with Crippen molar-refractivity contribution in [1.29, 1.82) is 0 Å². The maximum Gasteiger partial charge on any atom is 0.234 e. The number of likely N-dealkylation sites (N-methyl/N-ethyl adjacent to an activating group) is 2. The molecule has 2 heterocycles. The molecule has 2 N–H and O–H groups in total. The van der Waals surface area contributed by atoms with E-state index in [0.717, 1.165) is 50.6 Å². The van der Waals surface area contributed by atoms with Crippen LogP contribution in [0.5, 0.6) is 0 Å². The first kappa shape index (κ1) is 13.0. The molecule has 19 heavy (non-hydrogen) atoms. The molecular formula is C13H23N5O. The summed E-state index contributed by atoms with van der Waals surface area (Å²) in [6.45, 7) is 3.89. The zero-order valence-electron chi connectivity index (χ0n) is 11.8. The van der Waals surface area contributed by atoms with Crippen LogP contribution in [-0.2, 0) is 11.8 Å². The molecule has 0 bridgehead atoms. The molecular weight excluding hydrogens is 242 g/mol. The Kier molecular flexibility index (Phi) is 3.32. The van der Waals surface area contributed by atoms with Gasteiger partial charge in [0, 0.05) is 38.6 Å². The van der Waals surface area contributed by atoms with Crippen molar-refractivity contribution in [3.63, 3.8) is 0 Å². The van der Waals surface area contributed by atoms with Crippen LogP contribution in [0, 0.1) is 0 Å². The molecule has 1 aromatic rings. The van der Waals surface area contributed by atoms with Gasteiger partial charge in [0.15, 0.2) is 5.82 Å². The zero-order chi connectivity index (χ0) is 13.5. The van der Waals surface area contributed by atoms with Crippen LogP contribution >= 0.6 is 0 Å². The SMILES string of the molecule is CN1CCN(C)C(Cc2noc(C3(CN)CC3)n2)C1. The fraction of sp³-hybridized carbons (Fsp3) is 0.846. The summed E-state index contributed by atoms with van der Waals surface area (Å²) < 4.78 is 5.41. The van der Waals surface area contributed by atoms with E-state index in [9.17, 15) is 0 Å². The number of hydrogen-bond acceptors (Lipinski definition) is 6. The van der Waals surface area contributed by atoms with Crippen molar-refractivity contribution in [2.45, 2.75) is 30.7 Å². The molecule has 2 aliphatic rings. The lowest BCUT2D eigenvalue weighted by Gasteiger charge is -2.37. The minimum absolute atomic E-state index is 0.000504. The Morgan fingerprint density at radius 1 is 1.37 bits per heavy atom. The van der Waals surface area contributed by atoms with E-state index >= 15 is 0 Å². The van der Waals surface area contributed by atoms with Crippen molar-refractivity contribution >= 4 is 0 Å². The summed E-state index contributed by atoms with van der Waals surface area (Å²) >= 11 is 0. The Bertz CT molecular complexity index is 442. The number of hydrogen-bond donors (Lipinski definition) is 1. The molecule has 6 heteroatoms. The van der Waals surface area contributed by atoms with Crippen molar-refractivity contribution in [2.24, 2.45) is 5.73 Å². The molecule has 1 aliphatic carbocycles. The zero-order valence-corrected chi connectivity index (χ0v) is 11.8. The summed E-state index contributed by atoms with van der Waals surface area (Å²) in [4.78, 5) is 9.30. The third kappa shape index (κ3) is 2.52.